The van der Waals surface area contributed by atoms with Crippen molar-refractivity contribution >= 4 is 33.0 Å². The second kappa shape index (κ2) is 5.70. The van der Waals surface area contributed by atoms with E-state index < -0.39 is 15.9 Å². The van der Waals surface area contributed by atoms with Gasteiger partial charge in [-0.25, -0.2) is 0 Å². The molecule has 0 bridgehead atoms. The van der Waals surface area contributed by atoms with Crippen molar-refractivity contribution in [2.24, 2.45) is 0 Å². The summed E-state index contributed by atoms with van der Waals surface area (Å²) in [5.41, 5.74) is 0.505. The van der Waals surface area contributed by atoms with Crippen molar-refractivity contribution < 1.29 is 14.6 Å². The second-order valence-corrected chi connectivity index (χ2v) is 6.81. The van der Waals surface area contributed by atoms with Crippen LogP contribution in [0, 0.1) is 0 Å². The number of hydrogen-bond donors (Lipinski definition) is 1. The Balaban J connectivity index is 0.00000192. The first-order chi connectivity index (χ1) is 10.6. The number of amides is 1. The molecule has 0 radical (unpaired) electrons. The maximum Gasteiger partial charge on any atom is 0.283 e. The maximum absolute atomic E-state index is 12.2. The van der Waals surface area contributed by atoms with Crippen molar-refractivity contribution in [3.8, 4) is 0 Å². The highest BCUT2D eigenvalue weighted by Crippen LogP contribution is 2.18. The predicted octanol–water partition coefficient (Wildman–Crippen LogP) is 2.07. The van der Waals surface area contributed by atoms with Crippen LogP contribution in [0.5, 0.6) is 0 Å². The molecule has 0 fully saturated rings. The minimum absolute atomic E-state index is 0. The molecule has 0 saturated heterocycles. The monoisotopic (exact) mass is 336 g/mol. The van der Waals surface area contributed by atoms with Gasteiger partial charge in [0.2, 0.25) is 0 Å². The van der Waals surface area contributed by atoms with Gasteiger partial charge in [-0.2, -0.15) is 28.9 Å². The molecule has 3 heterocycles. The van der Waals surface area contributed by atoms with Gasteiger partial charge in [-0.3, -0.25) is 9.78 Å². The molecule has 1 amide bonds. The summed E-state index contributed by atoms with van der Waals surface area (Å²) in [4.78, 5) is 16.0. The van der Waals surface area contributed by atoms with Gasteiger partial charge in [0.15, 0.2) is 0 Å². The third-order valence-corrected chi connectivity index (χ3v) is 5.13. The molecule has 0 aliphatic heterocycles. The number of nitrogens with zero attached hydrogens (tertiary/aromatic N) is 3. The first-order valence-corrected chi connectivity index (χ1v) is 8.50. The number of rotatable bonds is 4. The fourth-order valence-electron chi connectivity index (χ4n) is 1.70. The first kappa shape index (κ1) is 14.4. The van der Waals surface area contributed by atoms with E-state index in [2.05, 4.69) is 15.4 Å². The number of pyridine rings is 1. The average molecular weight is 336 g/mol. The zero-order chi connectivity index (χ0) is 15.6. The molecule has 0 atom stereocenters. The van der Waals surface area contributed by atoms with Gasteiger partial charge >= 0.3 is 0 Å². The average Bonchev–Trinajstić information content (AvgIpc) is 3.20. The van der Waals surface area contributed by atoms with E-state index in [1.807, 2.05) is 0 Å². The van der Waals surface area contributed by atoms with Crippen LogP contribution in [0.15, 0.2) is 58.5 Å². The third kappa shape index (κ3) is 2.76. The Morgan fingerprint density at radius 3 is 2.86 bits per heavy atom. The molecule has 3 aromatic heterocycles. The minimum Gasteiger partial charge on any atom is -0.318 e. The highest BCUT2D eigenvalue weighted by atomic mass is 32.2. The standard InChI is InChI=1S/C13H10N4O3S2.H2/c18-13(12-3-1-2-5-14-12)16-10-7-15-17(8-10)22(19,20)11-4-6-21-9-11;/h1-9H,(H,16,18);1H. The summed E-state index contributed by atoms with van der Waals surface area (Å²) in [5.74, 6) is -0.437. The van der Waals surface area contributed by atoms with Gasteiger partial charge in [0.05, 0.1) is 23.0 Å². The molecule has 0 unspecified atom stereocenters. The molecule has 22 heavy (non-hydrogen) atoms. The van der Waals surface area contributed by atoms with Crippen molar-refractivity contribution in [1.29, 1.82) is 0 Å². The summed E-state index contributed by atoms with van der Waals surface area (Å²) in [5, 5.41) is 9.52. The molecule has 1 N–H and O–H groups in total. The Kier molecular flexibility index (Phi) is 3.73. The number of carbonyl (C=O) groups is 1. The fourth-order valence-corrected chi connectivity index (χ4v) is 3.83. The molecule has 0 aromatic carbocycles. The van der Waals surface area contributed by atoms with Crippen LogP contribution in [0.4, 0.5) is 5.69 Å². The smallest absolute Gasteiger partial charge is 0.283 e. The fraction of sp³-hybridized carbons (Fsp3) is 0. The summed E-state index contributed by atoms with van der Waals surface area (Å²) in [6.45, 7) is 0. The molecule has 3 aromatic rings. The van der Waals surface area contributed by atoms with Crippen molar-refractivity contribution in [3.05, 3.63) is 59.3 Å². The van der Waals surface area contributed by atoms with Crippen molar-refractivity contribution in [1.82, 2.24) is 14.2 Å². The van der Waals surface area contributed by atoms with Crippen LogP contribution in [0.1, 0.15) is 11.9 Å². The summed E-state index contributed by atoms with van der Waals surface area (Å²) < 4.78 is 25.3. The van der Waals surface area contributed by atoms with Crippen LogP contribution in [0.2, 0.25) is 0 Å². The van der Waals surface area contributed by atoms with Crippen LogP contribution < -0.4 is 5.32 Å². The number of nitrogens with one attached hydrogen (secondary N) is 1. The molecule has 0 aliphatic rings. The molecule has 7 nitrogen and oxygen atoms in total. The van der Waals surface area contributed by atoms with Crippen LogP contribution >= 0.6 is 11.3 Å². The predicted molar refractivity (Wildman–Crippen MR) is 83.4 cm³/mol. The van der Waals surface area contributed by atoms with E-state index in [0.29, 0.717) is 0 Å². The van der Waals surface area contributed by atoms with E-state index >= 15 is 0 Å². The molecule has 0 saturated carbocycles. The lowest BCUT2D eigenvalue weighted by atomic mass is 10.3. The summed E-state index contributed by atoms with van der Waals surface area (Å²) in [6.07, 6.45) is 4.01. The lowest BCUT2D eigenvalue weighted by Crippen LogP contribution is -2.14. The first-order valence-electron chi connectivity index (χ1n) is 6.12. The van der Waals surface area contributed by atoms with Crippen molar-refractivity contribution in [2.75, 3.05) is 5.32 Å². The number of hydrogen-bond acceptors (Lipinski definition) is 6. The number of aromatic nitrogens is 3. The SMILES string of the molecule is O=C(Nc1cnn(S(=O)(=O)c2ccsc2)c1)c1ccccn1.[HH]. The largest absolute Gasteiger partial charge is 0.318 e. The van der Waals surface area contributed by atoms with Gasteiger partial charge in [0, 0.05) is 13.0 Å². The van der Waals surface area contributed by atoms with Crippen LogP contribution in [-0.4, -0.2) is 28.5 Å². The van der Waals surface area contributed by atoms with E-state index in [1.54, 1.807) is 23.6 Å². The normalized spacial score (nSPS) is 11.3. The van der Waals surface area contributed by atoms with Gasteiger partial charge in [0.1, 0.15) is 5.69 Å². The maximum atomic E-state index is 12.2. The van der Waals surface area contributed by atoms with E-state index in [0.717, 1.165) is 4.09 Å². The molecular formula is C13H12N4O3S2. The van der Waals surface area contributed by atoms with E-state index in [9.17, 15) is 13.2 Å². The van der Waals surface area contributed by atoms with Gasteiger partial charge in [-0.1, -0.05) is 6.07 Å². The summed E-state index contributed by atoms with van der Waals surface area (Å²) in [6, 6.07) is 6.43. The highest BCUT2D eigenvalue weighted by Gasteiger charge is 2.19. The van der Waals surface area contributed by atoms with Gasteiger partial charge < -0.3 is 5.32 Å². The van der Waals surface area contributed by atoms with E-state index in [4.69, 9.17) is 0 Å². The zero-order valence-corrected chi connectivity index (χ0v) is 12.7. The van der Waals surface area contributed by atoms with E-state index in [-0.39, 0.29) is 17.7 Å². The van der Waals surface area contributed by atoms with Gasteiger partial charge in [-0.15, -0.1) is 0 Å². The topological polar surface area (TPSA) is 94.0 Å². The molecule has 0 aliphatic carbocycles. The lowest BCUT2D eigenvalue weighted by Gasteiger charge is -2.02. The van der Waals surface area contributed by atoms with Crippen LogP contribution in [0.25, 0.3) is 0 Å². The van der Waals surface area contributed by atoms with Crippen LogP contribution in [0.3, 0.4) is 0 Å². The quantitative estimate of drug-likeness (QED) is 0.787. The molecule has 3 rings (SSSR count). The van der Waals surface area contributed by atoms with Crippen molar-refractivity contribution in [2.45, 2.75) is 4.90 Å². The molecule has 114 valence electrons. The van der Waals surface area contributed by atoms with Gasteiger partial charge in [-0.05, 0) is 23.6 Å². The van der Waals surface area contributed by atoms with E-state index in [1.165, 1.54) is 41.4 Å². The van der Waals surface area contributed by atoms with Crippen molar-refractivity contribution in [3.63, 3.8) is 0 Å². The summed E-state index contributed by atoms with van der Waals surface area (Å²) >= 11 is 1.28. The Hall–Kier alpha value is -2.52. The highest BCUT2D eigenvalue weighted by molar-refractivity contribution is 7.90. The second-order valence-electron chi connectivity index (χ2n) is 4.23. The number of anilines is 1. The lowest BCUT2D eigenvalue weighted by molar-refractivity contribution is 0.102. The van der Waals surface area contributed by atoms with Gasteiger partial charge in [0.25, 0.3) is 15.9 Å². The molecule has 0 spiro atoms. The minimum atomic E-state index is -3.73. The Labute approximate surface area is 131 Å². The Morgan fingerprint density at radius 1 is 1.32 bits per heavy atom. The number of carbonyl (C=O) groups excluding carboxylic acids is 1. The third-order valence-electron chi connectivity index (χ3n) is 2.75. The molecular weight excluding hydrogens is 324 g/mol. The Bertz CT molecular complexity index is 892. The Morgan fingerprint density at radius 2 is 2.18 bits per heavy atom. The number of thiophene rings is 1. The molecule has 9 heteroatoms. The summed E-state index contributed by atoms with van der Waals surface area (Å²) in [7, 11) is -3.73. The van der Waals surface area contributed by atoms with Crippen LogP contribution in [-0.2, 0) is 10.0 Å². The zero-order valence-electron chi connectivity index (χ0n) is 11.1.